The molecule has 2 aromatic heterocycles. The second-order valence-electron chi connectivity index (χ2n) is 3.82. The minimum absolute atomic E-state index is 0.0388. The first-order valence-electron chi connectivity index (χ1n) is 5.38. The fraction of sp³-hybridized carbons (Fsp3) is 0. The van der Waals surface area contributed by atoms with Crippen LogP contribution in [0.2, 0.25) is 0 Å². The number of nitrogens with zero attached hydrogens (tertiary/aromatic N) is 3. The number of aromatic nitrogens is 3. The van der Waals surface area contributed by atoms with Gasteiger partial charge in [0.25, 0.3) is 0 Å². The summed E-state index contributed by atoms with van der Waals surface area (Å²) in [5.74, 6) is -0.318. The quantitative estimate of drug-likeness (QED) is 0.691. The number of hydrogen-bond acceptors (Lipinski definition) is 4. The summed E-state index contributed by atoms with van der Waals surface area (Å²) >= 11 is 0. The van der Waals surface area contributed by atoms with Crippen LogP contribution >= 0.6 is 0 Å². The normalized spacial score (nSPS) is 10.7. The largest absolute Gasteiger partial charge is 0.507 e. The number of benzene rings is 1. The van der Waals surface area contributed by atoms with Gasteiger partial charge < -0.3 is 5.11 Å². The fourth-order valence-corrected chi connectivity index (χ4v) is 1.75. The van der Waals surface area contributed by atoms with E-state index in [1.807, 2.05) is 0 Å². The molecule has 0 radical (unpaired) electrons. The maximum absolute atomic E-state index is 12.2. The summed E-state index contributed by atoms with van der Waals surface area (Å²) in [6, 6.07) is 8.17. The second-order valence-corrected chi connectivity index (χ2v) is 3.82. The predicted octanol–water partition coefficient (Wildman–Crippen LogP) is 1.67. The number of hydrogen-bond donors (Lipinski definition) is 1. The second kappa shape index (κ2) is 3.96. The molecule has 1 N–H and O–H groups in total. The molecule has 0 unspecified atom stereocenters. The van der Waals surface area contributed by atoms with E-state index < -0.39 is 0 Å². The lowest BCUT2D eigenvalue weighted by Crippen LogP contribution is -2.04. The maximum Gasteiger partial charge on any atom is 0.199 e. The van der Waals surface area contributed by atoms with Crippen molar-refractivity contribution in [1.82, 2.24) is 14.6 Å². The number of fused-ring (bicyclic) bond motifs is 1. The summed E-state index contributed by atoms with van der Waals surface area (Å²) in [4.78, 5) is 16.3. The van der Waals surface area contributed by atoms with E-state index in [0.29, 0.717) is 11.2 Å². The lowest BCUT2D eigenvalue weighted by molar-refractivity contribution is 0.103. The highest BCUT2D eigenvalue weighted by molar-refractivity contribution is 6.10. The van der Waals surface area contributed by atoms with Gasteiger partial charge in [-0.2, -0.15) is 5.10 Å². The molecule has 0 amide bonds. The Bertz CT molecular complexity index is 734. The lowest BCUT2D eigenvalue weighted by atomic mass is 10.1. The third-order valence-corrected chi connectivity index (χ3v) is 2.66. The number of rotatable bonds is 2. The van der Waals surface area contributed by atoms with Crippen molar-refractivity contribution in [2.24, 2.45) is 0 Å². The van der Waals surface area contributed by atoms with Crippen LogP contribution in [0.1, 0.15) is 15.9 Å². The number of para-hydroxylation sites is 1. The SMILES string of the molecule is O=C(c1cnc2ccnn2c1)c1ccccc1O. The zero-order chi connectivity index (χ0) is 12.5. The van der Waals surface area contributed by atoms with Crippen LogP contribution in [0.3, 0.4) is 0 Å². The van der Waals surface area contributed by atoms with Crippen LogP contribution in [0.15, 0.2) is 48.9 Å². The van der Waals surface area contributed by atoms with Gasteiger partial charge in [-0.3, -0.25) is 4.79 Å². The lowest BCUT2D eigenvalue weighted by Gasteiger charge is -2.03. The van der Waals surface area contributed by atoms with E-state index in [1.165, 1.54) is 16.8 Å². The number of phenolic OH excluding ortho intramolecular Hbond substituents is 1. The smallest absolute Gasteiger partial charge is 0.199 e. The van der Waals surface area contributed by atoms with Crippen LogP contribution in [0, 0.1) is 0 Å². The Kier molecular flexibility index (Phi) is 2.30. The summed E-state index contributed by atoms with van der Waals surface area (Å²) in [6.45, 7) is 0. The number of ketones is 1. The molecule has 3 aromatic rings. The van der Waals surface area contributed by atoms with Gasteiger partial charge in [0, 0.05) is 18.5 Å². The number of phenols is 1. The summed E-state index contributed by atoms with van der Waals surface area (Å²) in [5.41, 5.74) is 1.31. The van der Waals surface area contributed by atoms with Crippen molar-refractivity contribution in [3.05, 3.63) is 60.0 Å². The molecule has 5 heteroatoms. The number of carbonyl (C=O) groups is 1. The Balaban J connectivity index is 2.09. The van der Waals surface area contributed by atoms with Gasteiger partial charge in [-0.05, 0) is 12.1 Å². The molecule has 18 heavy (non-hydrogen) atoms. The van der Waals surface area contributed by atoms with Crippen LogP contribution in [0.25, 0.3) is 5.65 Å². The molecule has 0 atom stereocenters. The number of aromatic hydroxyl groups is 1. The van der Waals surface area contributed by atoms with E-state index in [4.69, 9.17) is 0 Å². The first kappa shape index (κ1) is 10.5. The van der Waals surface area contributed by atoms with Crippen LogP contribution in [-0.4, -0.2) is 25.5 Å². The third-order valence-electron chi connectivity index (χ3n) is 2.66. The highest BCUT2D eigenvalue weighted by Crippen LogP contribution is 2.19. The van der Waals surface area contributed by atoms with Crippen LogP contribution < -0.4 is 0 Å². The highest BCUT2D eigenvalue weighted by Gasteiger charge is 2.14. The number of carbonyl (C=O) groups excluding carboxylic acids is 1. The third kappa shape index (κ3) is 1.62. The molecule has 5 nitrogen and oxygen atoms in total. The van der Waals surface area contributed by atoms with Crippen molar-refractivity contribution in [3.63, 3.8) is 0 Å². The van der Waals surface area contributed by atoms with E-state index in [0.717, 1.165) is 0 Å². The first-order chi connectivity index (χ1) is 8.75. The Morgan fingerprint density at radius 1 is 1.22 bits per heavy atom. The average molecular weight is 239 g/mol. The summed E-state index contributed by atoms with van der Waals surface area (Å²) in [7, 11) is 0. The van der Waals surface area contributed by atoms with Crippen molar-refractivity contribution < 1.29 is 9.90 Å². The van der Waals surface area contributed by atoms with Crippen molar-refractivity contribution in [1.29, 1.82) is 0 Å². The molecule has 0 aliphatic rings. The van der Waals surface area contributed by atoms with Crippen molar-refractivity contribution in [2.45, 2.75) is 0 Å². The van der Waals surface area contributed by atoms with Crippen LogP contribution in [0.5, 0.6) is 5.75 Å². The molecule has 0 saturated carbocycles. The Morgan fingerprint density at radius 2 is 2.06 bits per heavy atom. The molecule has 1 aromatic carbocycles. The minimum Gasteiger partial charge on any atom is -0.507 e. The molecule has 3 rings (SSSR count). The van der Waals surface area contributed by atoms with Gasteiger partial charge >= 0.3 is 0 Å². The molecule has 2 heterocycles. The van der Waals surface area contributed by atoms with Crippen molar-refractivity contribution >= 4 is 11.4 Å². The summed E-state index contributed by atoms with van der Waals surface area (Å²) < 4.78 is 1.52. The topological polar surface area (TPSA) is 67.5 Å². The van der Waals surface area contributed by atoms with Crippen molar-refractivity contribution in [3.8, 4) is 5.75 Å². The average Bonchev–Trinajstić information content (AvgIpc) is 2.85. The molecule has 0 bridgehead atoms. The predicted molar refractivity (Wildman–Crippen MR) is 64.5 cm³/mol. The Labute approximate surface area is 102 Å². The van der Waals surface area contributed by atoms with E-state index in [2.05, 4.69) is 10.1 Å². The molecule has 0 saturated heterocycles. The maximum atomic E-state index is 12.2. The molecular weight excluding hydrogens is 230 g/mol. The molecular formula is C13H9N3O2. The fourth-order valence-electron chi connectivity index (χ4n) is 1.75. The summed E-state index contributed by atoms with van der Waals surface area (Å²) in [6.07, 6.45) is 4.68. The molecule has 0 fully saturated rings. The van der Waals surface area contributed by atoms with Crippen molar-refractivity contribution in [2.75, 3.05) is 0 Å². The van der Waals surface area contributed by atoms with Crippen LogP contribution in [-0.2, 0) is 0 Å². The standard InChI is InChI=1S/C13H9N3O2/c17-11-4-2-1-3-10(11)13(18)9-7-14-12-5-6-15-16(12)8-9/h1-8,17H. The van der Waals surface area contributed by atoms with Crippen LogP contribution in [0.4, 0.5) is 0 Å². The molecule has 88 valence electrons. The summed E-state index contributed by atoms with van der Waals surface area (Å²) in [5, 5.41) is 13.7. The molecule has 0 aliphatic heterocycles. The van der Waals surface area contributed by atoms with Gasteiger partial charge in [-0.1, -0.05) is 12.1 Å². The monoisotopic (exact) mass is 239 g/mol. The van der Waals surface area contributed by atoms with Gasteiger partial charge in [-0.15, -0.1) is 0 Å². The van der Waals surface area contributed by atoms with E-state index >= 15 is 0 Å². The Morgan fingerprint density at radius 3 is 2.89 bits per heavy atom. The zero-order valence-corrected chi connectivity index (χ0v) is 9.32. The van der Waals surface area contributed by atoms with Gasteiger partial charge in [-0.25, -0.2) is 9.50 Å². The Hall–Kier alpha value is -2.69. The van der Waals surface area contributed by atoms with E-state index in [1.54, 1.807) is 36.7 Å². The van der Waals surface area contributed by atoms with Gasteiger partial charge in [0.15, 0.2) is 11.4 Å². The first-order valence-corrected chi connectivity index (χ1v) is 5.38. The van der Waals surface area contributed by atoms with Gasteiger partial charge in [0.1, 0.15) is 5.75 Å². The van der Waals surface area contributed by atoms with Gasteiger partial charge in [0.2, 0.25) is 0 Å². The van der Waals surface area contributed by atoms with Gasteiger partial charge in [0.05, 0.1) is 17.3 Å². The highest BCUT2D eigenvalue weighted by atomic mass is 16.3. The molecule has 0 spiro atoms. The van der Waals surface area contributed by atoms with E-state index in [-0.39, 0.29) is 17.1 Å². The molecule has 0 aliphatic carbocycles. The minimum atomic E-state index is -0.280. The van der Waals surface area contributed by atoms with E-state index in [9.17, 15) is 9.90 Å². The zero-order valence-electron chi connectivity index (χ0n) is 9.32.